The summed E-state index contributed by atoms with van der Waals surface area (Å²) in [6.45, 7) is 6.06. The minimum atomic E-state index is -2.30. The van der Waals surface area contributed by atoms with Gasteiger partial charge in [-0.3, -0.25) is 13.7 Å². The lowest BCUT2D eigenvalue weighted by Gasteiger charge is -2.23. The lowest BCUT2D eigenvalue weighted by molar-refractivity contribution is -0.132. The quantitative estimate of drug-likeness (QED) is 0.519. The molecule has 27 heavy (non-hydrogen) atoms. The molecule has 0 bridgehead atoms. The van der Waals surface area contributed by atoms with E-state index in [9.17, 15) is 18.4 Å². The number of carboxylic acids is 1. The van der Waals surface area contributed by atoms with Gasteiger partial charge in [-0.25, -0.2) is 4.79 Å². The number of benzene rings is 1. The fraction of sp³-hybridized carbons (Fsp3) is 0.444. The van der Waals surface area contributed by atoms with Gasteiger partial charge < -0.3 is 20.7 Å². The third-order valence-electron chi connectivity index (χ3n) is 3.38. The Morgan fingerprint density at radius 1 is 1.33 bits per heavy atom. The van der Waals surface area contributed by atoms with Crippen LogP contribution in [0.15, 0.2) is 35.9 Å². The summed E-state index contributed by atoms with van der Waals surface area (Å²) >= 11 is -2.30. The zero-order valence-electron chi connectivity index (χ0n) is 15.8. The van der Waals surface area contributed by atoms with Crippen LogP contribution < -0.4 is 11.1 Å². The average molecular weight is 408 g/mol. The van der Waals surface area contributed by atoms with E-state index < -0.39 is 22.3 Å². The Bertz CT molecular complexity index is 646. The average Bonchev–Trinajstić information content (AvgIpc) is 2.63. The molecule has 0 heterocycles. The van der Waals surface area contributed by atoms with Crippen molar-refractivity contribution < 1.29 is 31.0 Å². The SMILES string of the molecule is CC.CC(=O)NCc1ccc(N)cc1.F.O=C(O)C1=CCCCC1S(=O)[O-].[HH].[HH]. The number of nitrogen functional groups attached to an aromatic ring is 1. The van der Waals surface area contributed by atoms with Crippen molar-refractivity contribution in [3.05, 3.63) is 41.5 Å². The maximum absolute atomic E-state index is 10.6. The number of carbonyl (C=O) groups excluding carboxylic acids is 1. The van der Waals surface area contributed by atoms with Crippen molar-refractivity contribution >= 4 is 28.6 Å². The second-order valence-corrected chi connectivity index (χ2v) is 6.39. The molecule has 2 unspecified atom stereocenters. The molecular weight excluding hydrogens is 375 g/mol. The molecule has 7 nitrogen and oxygen atoms in total. The van der Waals surface area contributed by atoms with Crippen LogP contribution >= 0.6 is 0 Å². The molecule has 1 aromatic rings. The Kier molecular flexibility index (Phi) is 14.8. The molecule has 158 valence electrons. The molecule has 0 radical (unpaired) electrons. The number of carbonyl (C=O) groups is 2. The minimum absolute atomic E-state index is 0. The second-order valence-electron chi connectivity index (χ2n) is 5.30. The fourth-order valence-corrected chi connectivity index (χ4v) is 2.90. The summed E-state index contributed by atoms with van der Waals surface area (Å²) in [7, 11) is 0. The molecule has 1 aliphatic carbocycles. The first kappa shape index (κ1) is 27.0. The highest BCUT2D eigenvalue weighted by molar-refractivity contribution is 7.80. The van der Waals surface area contributed by atoms with Gasteiger partial charge >= 0.3 is 5.97 Å². The summed E-state index contributed by atoms with van der Waals surface area (Å²) in [5.74, 6) is -1.14. The van der Waals surface area contributed by atoms with Gasteiger partial charge in [-0.2, -0.15) is 0 Å². The van der Waals surface area contributed by atoms with Crippen LogP contribution in [0.5, 0.6) is 0 Å². The smallest absolute Gasteiger partial charge is 0.332 e. The highest BCUT2D eigenvalue weighted by Crippen LogP contribution is 2.22. The molecule has 0 aromatic heterocycles. The van der Waals surface area contributed by atoms with Gasteiger partial charge in [-0.15, -0.1) is 0 Å². The van der Waals surface area contributed by atoms with E-state index in [1.54, 1.807) is 0 Å². The van der Waals surface area contributed by atoms with Crippen LogP contribution in [0, 0.1) is 0 Å². The van der Waals surface area contributed by atoms with Crippen molar-refractivity contribution in [2.75, 3.05) is 5.73 Å². The monoisotopic (exact) mass is 407 g/mol. The van der Waals surface area contributed by atoms with Gasteiger partial charge in [0.15, 0.2) is 0 Å². The summed E-state index contributed by atoms with van der Waals surface area (Å²) in [6, 6.07) is 7.42. The number of halogens is 1. The molecule has 0 saturated carbocycles. The largest absolute Gasteiger partial charge is 0.772 e. The molecule has 1 aliphatic rings. The maximum Gasteiger partial charge on any atom is 0.332 e. The molecule has 0 aliphatic heterocycles. The number of nitrogens with one attached hydrogen (secondary N) is 1. The molecule has 2 rings (SSSR count). The number of aliphatic carboxylic acids is 1. The van der Waals surface area contributed by atoms with Gasteiger partial charge in [-0.1, -0.05) is 32.1 Å². The minimum Gasteiger partial charge on any atom is -0.772 e. The summed E-state index contributed by atoms with van der Waals surface area (Å²) in [4.78, 5) is 21.1. The normalized spacial score (nSPS) is 16.0. The predicted molar refractivity (Wildman–Crippen MR) is 109 cm³/mol. The van der Waals surface area contributed by atoms with Crippen molar-refractivity contribution in [3.8, 4) is 0 Å². The summed E-state index contributed by atoms with van der Waals surface area (Å²) in [5.41, 5.74) is 7.31. The van der Waals surface area contributed by atoms with Crippen LogP contribution in [0.2, 0.25) is 0 Å². The van der Waals surface area contributed by atoms with Gasteiger partial charge in [0.25, 0.3) is 0 Å². The van der Waals surface area contributed by atoms with E-state index in [1.165, 1.54) is 13.0 Å². The number of nitrogens with two attached hydrogens (primary N) is 1. The van der Waals surface area contributed by atoms with Crippen LogP contribution in [-0.2, 0) is 27.2 Å². The number of anilines is 1. The lowest BCUT2D eigenvalue weighted by Crippen LogP contribution is -2.25. The number of hydrogen-bond acceptors (Lipinski definition) is 5. The van der Waals surface area contributed by atoms with Crippen molar-refractivity contribution in [2.24, 2.45) is 0 Å². The molecule has 0 saturated heterocycles. The van der Waals surface area contributed by atoms with Gasteiger partial charge in [-0.05, 0) is 48.0 Å². The van der Waals surface area contributed by atoms with Gasteiger partial charge in [0, 0.05) is 27.6 Å². The summed E-state index contributed by atoms with van der Waals surface area (Å²) in [5, 5.41) is 10.5. The fourth-order valence-electron chi connectivity index (χ4n) is 2.13. The molecule has 0 spiro atoms. The highest BCUT2D eigenvalue weighted by Gasteiger charge is 2.23. The van der Waals surface area contributed by atoms with Crippen molar-refractivity contribution in [2.45, 2.75) is 51.8 Å². The molecule has 9 heteroatoms. The van der Waals surface area contributed by atoms with E-state index in [-0.39, 0.29) is 19.0 Å². The highest BCUT2D eigenvalue weighted by atomic mass is 32.2. The Morgan fingerprint density at radius 2 is 1.89 bits per heavy atom. The topological polar surface area (TPSA) is 133 Å². The Hall–Kier alpha value is -2.26. The Morgan fingerprint density at radius 3 is 2.30 bits per heavy atom. The lowest BCUT2D eigenvalue weighted by atomic mass is 9.99. The first-order valence-electron chi connectivity index (χ1n) is 8.41. The zero-order chi connectivity index (χ0) is 20.1. The number of carboxylic acid groups (broad SMARTS) is 1. The molecule has 0 fully saturated rings. The van der Waals surface area contributed by atoms with E-state index in [1.807, 2.05) is 38.1 Å². The summed E-state index contributed by atoms with van der Waals surface area (Å²) < 4.78 is 21.1. The van der Waals surface area contributed by atoms with E-state index >= 15 is 0 Å². The molecule has 4 N–H and O–H groups in total. The van der Waals surface area contributed by atoms with Crippen LogP contribution in [0.4, 0.5) is 10.4 Å². The number of allylic oxidation sites excluding steroid dienone is 1. The molecular formula is C18H32FN2O5S-. The van der Waals surface area contributed by atoms with E-state index in [2.05, 4.69) is 5.32 Å². The van der Waals surface area contributed by atoms with Crippen molar-refractivity contribution in [1.82, 2.24) is 5.32 Å². The zero-order valence-corrected chi connectivity index (χ0v) is 16.6. The van der Waals surface area contributed by atoms with E-state index in [0.29, 0.717) is 19.4 Å². The molecule has 2 atom stereocenters. The maximum atomic E-state index is 10.6. The van der Waals surface area contributed by atoms with Crippen LogP contribution in [0.25, 0.3) is 0 Å². The van der Waals surface area contributed by atoms with Gasteiger partial charge in [0.2, 0.25) is 5.91 Å². The predicted octanol–water partition coefficient (Wildman–Crippen LogP) is 3.00. The van der Waals surface area contributed by atoms with Gasteiger partial charge in [0.05, 0.1) is 5.25 Å². The van der Waals surface area contributed by atoms with Crippen LogP contribution in [-0.4, -0.2) is 31.0 Å². The Balaban J connectivity index is -0.000000181. The first-order chi connectivity index (χ1) is 12.3. The van der Waals surface area contributed by atoms with E-state index in [0.717, 1.165) is 17.7 Å². The Labute approximate surface area is 164 Å². The van der Waals surface area contributed by atoms with Crippen molar-refractivity contribution in [1.29, 1.82) is 0 Å². The van der Waals surface area contributed by atoms with E-state index in [4.69, 9.17) is 10.8 Å². The standard InChI is InChI=1S/C9H12N2O.C7H10O4S.C2H6.FH.2H2/c1-7(12)11-6-8-2-4-9(10)5-3-8;8-7(9)5-3-1-2-4-6(5)12(10)11;1-2;;;/h2-5H,6,10H2,1H3,(H,11,12);3,6H,1-2,4H2,(H,8,9)(H,10,11);1-2H3;3*1H/p-1. The summed E-state index contributed by atoms with van der Waals surface area (Å²) in [6.07, 6.45) is 3.32. The third kappa shape index (κ3) is 11.1. The molecule has 1 amide bonds. The first-order valence-corrected chi connectivity index (χ1v) is 9.55. The molecule has 1 aromatic carbocycles. The van der Waals surface area contributed by atoms with Gasteiger partial charge in [0.1, 0.15) is 0 Å². The van der Waals surface area contributed by atoms with Crippen LogP contribution in [0.3, 0.4) is 0 Å². The second kappa shape index (κ2) is 14.9. The number of rotatable bonds is 4. The van der Waals surface area contributed by atoms with Crippen molar-refractivity contribution in [3.63, 3.8) is 0 Å². The number of hydrogen-bond donors (Lipinski definition) is 3. The van der Waals surface area contributed by atoms with Crippen LogP contribution in [0.1, 0.15) is 48.5 Å². The number of amides is 1. The third-order valence-corrected chi connectivity index (χ3v) is 4.34.